The topological polar surface area (TPSA) is 67.9 Å². The summed E-state index contributed by atoms with van der Waals surface area (Å²) in [5.41, 5.74) is 0.847. The van der Waals surface area contributed by atoms with Crippen LogP contribution < -0.4 is 4.90 Å². The van der Waals surface area contributed by atoms with Crippen LogP contribution in [0.3, 0.4) is 0 Å². The molecule has 3 heterocycles. The number of thiazole rings is 1. The average molecular weight is 301 g/mol. The summed E-state index contributed by atoms with van der Waals surface area (Å²) in [5, 5.41) is 6.95. The highest BCUT2D eigenvalue weighted by Crippen LogP contribution is 2.26. The maximum atomic E-state index is 5.25. The van der Waals surface area contributed by atoms with E-state index >= 15 is 0 Å². The number of aryl methyl sites for hydroxylation is 1. The minimum Gasteiger partial charge on any atom is -0.359 e. The third-order valence-corrected chi connectivity index (χ3v) is 3.89. The highest BCUT2D eigenvalue weighted by atomic mass is 32.1. The van der Waals surface area contributed by atoms with Gasteiger partial charge in [0, 0.05) is 37.8 Å². The lowest BCUT2D eigenvalue weighted by atomic mass is 10.2. The number of pyridine rings is 1. The molecule has 0 fully saturated rings. The van der Waals surface area contributed by atoms with Gasteiger partial charge in [-0.2, -0.15) is 4.98 Å². The fourth-order valence-electron chi connectivity index (χ4n) is 2.02. The van der Waals surface area contributed by atoms with Crippen molar-refractivity contribution in [3.05, 3.63) is 40.7 Å². The smallest absolute Gasteiger partial charge is 0.261 e. The van der Waals surface area contributed by atoms with Gasteiger partial charge in [-0.3, -0.25) is 0 Å². The molecular formula is C14H15N5OS. The quantitative estimate of drug-likeness (QED) is 0.721. The standard InChI is InChI=1S/C14H15N5OS/c1-10-17-14(20-18-10)11-4-3-6-16-13(11)19(2)8-5-12-15-7-9-21-12/h3-4,6-7,9H,5,8H2,1-2H3. The van der Waals surface area contributed by atoms with Crippen molar-refractivity contribution in [2.75, 3.05) is 18.5 Å². The van der Waals surface area contributed by atoms with Crippen LogP contribution in [0.25, 0.3) is 11.5 Å². The second-order valence-electron chi connectivity index (χ2n) is 4.62. The van der Waals surface area contributed by atoms with Crippen LogP contribution in [0.15, 0.2) is 34.4 Å². The van der Waals surface area contributed by atoms with Gasteiger partial charge in [0.2, 0.25) is 0 Å². The molecule has 0 aliphatic carbocycles. The Kier molecular flexibility index (Phi) is 3.92. The van der Waals surface area contributed by atoms with Crippen LogP contribution in [0, 0.1) is 6.92 Å². The molecule has 0 atom stereocenters. The van der Waals surface area contributed by atoms with E-state index in [1.807, 2.05) is 30.8 Å². The predicted molar refractivity (Wildman–Crippen MR) is 81.4 cm³/mol. The van der Waals surface area contributed by atoms with E-state index in [4.69, 9.17) is 4.52 Å². The normalized spacial score (nSPS) is 10.8. The lowest BCUT2D eigenvalue weighted by Gasteiger charge is -2.19. The Bertz CT molecular complexity index is 710. The monoisotopic (exact) mass is 301 g/mol. The minimum atomic E-state index is 0.497. The van der Waals surface area contributed by atoms with Crippen molar-refractivity contribution in [2.45, 2.75) is 13.3 Å². The van der Waals surface area contributed by atoms with Crippen LogP contribution in [0.2, 0.25) is 0 Å². The molecule has 0 unspecified atom stereocenters. The summed E-state index contributed by atoms with van der Waals surface area (Å²) in [5.74, 6) is 1.94. The second-order valence-corrected chi connectivity index (χ2v) is 5.60. The molecule has 0 aliphatic rings. The first kappa shape index (κ1) is 13.7. The van der Waals surface area contributed by atoms with Crippen LogP contribution in [0.5, 0.6) is 0 Å². The SMILES string of the molecule is Cc1noc(-c2cccnc2N(C)CCc2nccs2)n1. The fraction of sp³-hybridized carbons (Fsp3) is 0.286. The number of rotatable bonds is 5. The molecule has 6 nitrogen and oxygen atoms in total. The highest BCUT2D eigenvalue weighted by molar-refractivity contribution is 7.09. The molecule has 0 spiro atoms. The number of likely N-dealkylation sites (N-methyl/N-ethyl adjacent to an activating group) is 1. The predicted octanol–water partition coefficient (Wildman–Crippen LogP) is 2.58. The van der Waals surface area contributed by atoms with Crippen LogP contribution in [0.1, 0.15) is 10.8 Å². The molecule has 3 aromatic heterocycles. The molecule has 21 heavy (non-hydrogen) atoms. The first-order valence-corrected chi connectivity index (χ1v) is 7.47. The van der Waals surface area contributed by atoms with Gasteiger partial charge in [-0.15, -0.1) is 11.3 Å². The zero-order valence-electron chi connectivity index (χ0n) is 11.9. The molecule has 0 saturated carbocycles. The van der Waals surface area contributed by atoms with Crippen molar-refractivity contribution < 1.29 is 4.52 Å². The third-order valence-electron chi connectivity index (χ3n) is 3.05. The zero-order chi connectivity index (χ0) is 14.7. The Morgan fingerprint density at radius 2 is 2.19 bits per heavy atom. The van der Waals surface area contributed by atoms with E-state index in [1.54, 1.807) is 24.5 Å². The van der Waals surface area contributed by atoms with E-state index in [-0.39, 0.29) is 0 Å². The van der Waals surface area contributed by atoms with Gasteiger partial charge >= 0.3 is 0 Å². The molecule has 0 saturated heterocycles. The number of aromatic nitrogens is 4. The molecule has 3 rings (SSSR count). The molecule has 0 bridgehead atoms. The highest BCUT2D eigenvalue weighted by Gasteiger charge is 2.15. The third kappa shape index (κ3) is 3.08. The summed E-state index contributed by atoms with van der Waals surface area (Å²) in [6, 6.07) is 3.81. The summed E-state index contributed by atoms with van der Waals surface area (Å²) in [4.78, 5) is 15.1. The Morgan fingerprint density at radius 1 is 1.29 bits per heavy atom. The largest absolute Gasteiger partial charge is 0.359 e. The van der Waals surface area contributed by atoms with Gasteiger partial charge in [-0.1, -0.05) is 5.16 Å². The Hall–Kier alpha value is -2.28. The van der Waals surface area contributed by atoms with Gasteiger partial charge in [0.15, 0.2) is 5.82 Å². The van der Waals surface area contributed by atoms with E-state index in [9.17, 15) is 0 Å². The van der Waals surface area contributed by atoms with Crippen LogP contribution in [-0.2, 0) is 6.42 Å². The zero-order valence-corrected chi connectivity index (χ0v) is 12.7. The second kappa shape index (κ2) is 6.01. The molecular weight excluding hydrogens is 286 g/mol. The molecule has 7 heteroatoms. The molecule has 0 N–H and O–H groups in total. The maximum absolute atomic E-state index is 5.25. The van der Waals surface area contributed by atoms with Gasteiger partial charge in [0.05, 0.1) is 10.6 Å². The summed E-state index contributed by atoms with van der Waals surface area (Å²) < 4.78 is 5.25. The minimum absolute atomic E-state index is 0.497. The molecule has 3 aromatic rings. The van der Waals surface area contributed by atoms with Crippen molar-refractivity contribution in [1.82, 2.24) is 20.1 Å². The van der Waals surface area contributed by atoms with Gasteiger partial charge < -0.3 is 9.42 Å². The number of hydrogen-bond acceptors (Lipinski definition) is 7. The average Bonchev–Trinajstić information content (AvgIpc) is 3.16. The first-order valence-electron chi connectivity index (χ1n) is 6.59. The fourth-order valence-corrected chi connectivity index (χ4v) is 2.63. The van der Waals surface area contributed by atoms with E-state index in [1.165, 1.54) is 0 Å². The van der Waals surface area contributed by atoms with Crippen LogP contribution >= 0.6 is 11.3 Å². The van der Waals surface area contributed by atoms with Gasteiger partial charge in [0.1, 0.15) is 5.82 Å². The molecule has 0 amide bonds. The Balaban J connectivity index is 1.81. The van der Waals surface area contributed by atoms with Gasteiger partial charge in [0.25, 0.3) is 5.89 Å². The lowest BCUT2D eigenvalue weighted by Crippen LogP contribution is -2.22. The summed E-state index contributed by atoms with van der Waals surface area (Å²) >= 11 is 1.66. The van der Waals surface area contributed by atoms with E-state index in [2.05, 4.69) is 25.0 Å². The van der Waals surface area contributed by atoms with Gasteiger partial charge in [-0.05, 0) is 19.1 Å². The van der Waals surface area contributed by atoms with Crippen molar-refractivity contribution in [1.29, 1.82) is 0 Å². The summed E-state index contributed by atoms with van der Waals surface area (Å²) in [6.07, 6.45) is 4.47. The van der Waals surface area contributed by atoms with Gasteiger partial charge in [-0.25, -0.2) is 9.97 Å². The molecule has 0 radical (unpaired) electrons. The van der Waals surface area contributed by atoms with Crippen LogP contribution in [-0.4, -0.2) is 33.7 Å². The van der Waals surface area contributed by atoms with Crippen molar-refractivity contribution in [3.8, 4) is 11.5 Å². The number of nitrogens with zero attached hydrogens (tertiary/aromatic N) is 5. The summed E-state index contributed by atoms with van der Waals surface area (Å²) in [7, 11) is 2.00. The molecule has 108 valence electrons. The summed E-state index contributed by atoms with van der Waals surface area (Å²) in [6.45, 7) is 2.62. The van der Waals surface area contributed by atoms with Crippen molar-refractivity contribution in [2.24, 2.45) is 0 Å². The Labute approximate surface area is 126 Å². The van der Waals surface area contributed by atoms with E-state index in [0.29, 0.717) is 11.7 Å². The van der Waals surface area contributed by atoms with E-state index in [0.717, 1.165) is 29.4 Å². The van der Waals surface area contributed by atoms with Crippen molar-refractivity contribution >= 4 is 17.2 Å². The van der Waals surface area contributed by atoms with E-state index < -0.39 is 0 Å². The molecule has 0 aromatic carbocycles. The Morgan fingerprint density at radius 3 is 2.90 bits per heavy atom. The lowest BCUT2D eigenvalue weighted by molar-refractivity contribution is 0.425. The van der Waals surface area contributed by atoms with Crippen molar-refractivity contribution in [3.63, 3.8) is 0 Å². The van der Waals surface area contributed by atoms with Crippen LogP contribution in [0.4, 0.5) is 5.82 Å². The molecule has 0 aliphatic heterocycles. The number of hydrogen-bond donors (Lipinski definition) is 0. The maximum Gasteiger partial charge on any atom is 0.261 e. The first-order chi connectivity index (χ1) is 10.2. The number of anilines is 1.